The molecular weight excluding hydrogens is 325 g/mol. The van der Waals surface area contributed by atoms with Crippen LogP contribution in [0.25, 0.3) is 11.0 Å². The molecule has 1 aromatic heterocycles. The van der Waals surface area contributed by atoms with Gasteiger partial charge < -0.3 is 14.6 Å². The molecule has 136 valence electrons. The highest BCUT2D eigenvalue weighted by Gasteiger charge is 2.29. The number of ether oxygens (including phenoxy) is 1. The fourth-order valence-electron chi connectivity index (χ4n) is 2.80. The van der Waals surface area contributed by atoms with E-state index in [1.54, 1.807) is 33.8 Å². The summed E-state index contributed by atoms with van der Waals surface area (Å²) in [4.78, 5) is 28.1. The third kappa shape index (κ3) is 3.55. The van der Waals surface area contributed by atoms with Crippen LogP contribution < -0.4 is 5.69 Å². The molecule has 2 aromatic rings. The highest BCUT2D eigenvalue weighted by Crippen LogP contribution is 2.27. The number of carbonyl (C=O) groups is 1. The van der Waals surface area contributed by atoms with Gasteiger partial charge in [-0.25, -0.2) is 14.0 Å². The SMILES string of the molecule is [2H]C1([2H])C(n2c(=O)[nH]c3c(F)cc(C)cc32)CCN(C(=O)OC(C)(C)C)C1([2H])[2H]. The number of imidazole rings is 1. The summed E-state index contributed by atoms with van der Waals surface area (Å²) in [5.74, 6) is -0.648. The van der Waals surface area contributed by atoms with Crippen molar-refractivity contribution in [3.05, 3.63) is 34.0 Å². The van der Waals surface area contributed by atoms with E-state index in [0.717, 1.165) is 4.57 Å². The minimum atomic E-state index is -2.76. The number of aromatic amines is 1. The Morgan fingerprint density at radius 1 is 1.44 bits per heavy atom. The molecule has 3 rings (SSSR count). The second-order valence-corrected chi connectivity index (χ2v) is 7.13. The van der Waals surface area contributed by atoms with Crippen molar-refractivity contribution in [2.24, 2.45) is 0 Å². The average molecular weight is 353 g/mol. The van der Waals surface area contributed by atoms with Crippen LogP contribution >= 0.6 is 0 Å². The molecule has 1 saturated heterocycles. The Hall–Kier alpha value is -2.31. The summed E-state index contributed by atoms with van der Waals surface area (Å²) in [5.41, 5.74) is -0.980. The second-order valence-electron chi connectivity index (χ2n) is 7.13. The molecule has 2 heterocycles. The molecule has 1 unspecified atom stereocenters. The third-order valence-electron chi connectivity index (χ3n) is 3.84. The van der Waals surface area contributed by atoms with Gasteiger partial charge in [-0.3, -0.25) is 4.57 Å². The number of rotatable bonds is 1. The number of halogens is 1. The number of likely N-dealkylation sites (tertiary alicyclic amines) is 1. The molecule has 1 atom stereocenters. The molecule has 1 amide bonds. The van der Waals surface area contributed by atoms with Crippen molar-refractivity contribution in [1.29, 1.82) is 0 Å². The lowest BCUT2D eigenvalue weighted by Gasteiger charge is -2.33. The molecule has 25 heavy (non-hydrogen) atoms. The average Bonchev–Trinajstić information content (AvgIpc) is 2.84. The Labute approximate surface area is 151 Å². The number of hydrogen-bond donors (Lipinski definition) is 1. The van der Waals surface area contributed by atoms with Gasteiger partial charge in [0.15, 0.2) is 0 Å². The van der Waals surface area contributed by atoms with E-state index in [0.29, 0.717) is 10.5 Å². The van der Waals surface area contributed by atoms with Crippen molar-refractivity contribution < 1.29 is 19.4 Å². The van der Waals surface area contributed by atoms with E-state index in [1.165, 1.54) is 6.07 Å². The van der Waals surface area contributed by atoms with E-state index in [1.807, 2.05) is 0 Å². The van der Waals surface area contributed by atoms with Gasteiger partial charge in [0.05, 0.1) is 5.52 Å². The molecule has 1 N–H and O–H groups in total. The summed E-state index contributed by atoms with van der Waals surface area (Å²) in [6, 6.07) is 1.54. The first-order valence-electron chi connectivity index (χ1n) is 10.1. The van der Waals surface area contributed by atoms with Gasteiger partial charge in [-0.1, -0.05) is 0 Å². The molecule has 0 radical (unpaired) electrons. The van der Waals surface area contributed by atoms with Crippen molar-refractivity contribution in [2.75, 3.05) is 13.0 Å². The molecule has 0 saturated carbocycles. The van der Waals surface area contributed by atoms with Gasteiger partial charge in [-0.2, -0.15) is 0 Å². The molecule has 0 bridgehead atoms. The summed E-state index contributed by atoms with van der Waals surface area (Å²) >= 11 is 0. The number of nitrogens with zero attached hydrogens (tertiary/aromatic N) is 2. The van der Waals surface area contributed by atoms with Crippen LogP contribution in [0.3, 0.4) is 0 Å². The van der Waals surface area contributed by atoms with Gasteiger partial charge in [-0.15, -0.1) is 0 Å². The highest BCUT2D eigenvalue weighted by atomic mass is 19.1. The normalized spacial score (nSPS) is 25.0. The number of fused-ring (bicyclic) bond motifs is 1. The topological polar surface area (TPSA) is 67.3 Å². The Balaban J connectivity index is 2.07. The third-order valence-corrected chi connectivity index (χ3v) is 3.84. The Morgan fingerprint density at radius 3 is 2.84 bits per heavy atom. The van der Waals surface area contributed by atoms with Crippen LogP contribution in [0.15, 0.2) is 16.9 Å². The second kappa shape index (κ2) is 6.20. The van der Waals surface area contributed by atoms with Crippen LogP contribution in [0.4, 0.5) is 9.18 Å². The molecular formula is C18H24FN3O3. The molecule has 6 nitrogen and oxygen atoms in total. The minimum Gasteiger partial charge on any atom is -0.444 e. The van der Waals surface area contributed by atoms with Gasteiger partial charge in [0, 0.05) is 24.6 Å². The maximum Gasteiger partial charge on any atom is 0.410 e. The first-order valence-corrected chi connectivity index (χ1v) is 8.08. The van der Waals surface area contributed by atoms with E-state index < -0.39 is 42.1 Å². The smallest absolute Gasteiger partial charge is 0.410 e. The van der Waals surface area contributed by atoms with Crippen LogP contribution in [0.2, 0.25) is 0 Å². The maximum absolute atomic E-state index is 14.3. The lowest BCUT2D eigenvalue weighted by atomic mass is 10.0. The Kier molecular flexibility index (Phi) is 3.22. The number of aryl methyl sites for hydroxylation is 1. The number of piperidine rings is 1. The van der Waals surface area contributed by atoms with Gasteiger partial charge >= 0.3 is 11.8 Å². The minimum absolute atomic E-state index is 0.0474. The van der Waals surface area contributed by atoms with Crippen molar-refractivity contribution in [2.45, 2.75) is 52.1 Å². The number of benzene rings is 1. The van der Waals surface area contributed by atoms with E-state index in [2.05, 4.69) is 4.98 Å². The lowest BCUT2D eigenvalue weighted by Crippen LogP contribution is -2.43. The molecule has 1 aliphatic rings. The molecule has 7 heteroatoms. The summed E-state index contributed by atoms with van der Waals surface area (Å²) < 4.78 is 54.1. The standard InChI is InChI=1S/C18H24FN3O3/c1-11-9-13(19)15-14(10-11)22(16(23)20-15)12-5-7-21(8-6-12)17(24)25-18(2,3)4/h9-10,12H,5-8H2,1-4H3,(H,20,23)/i5D2,7D2. The van der Waals surface area contributed by atoms with Crippen molar-refractivity contribution in [1.82, 2.24) is 14.5 Å². The van der Waals surface area contributed by atoms with Crippen LogP contribution in [-0.2, 0) is 4.74 Å². The summed E-state index contributed by atoms with van der Waals surface area (Å²) in [5, 5.41) is 0. The van der Waals surface area contributed by atoms with E-state index in [-0.39, 0.29) is 24.0 Å². The van der Waals surface area contributed by atoms with Crippen molar-refractivity contribution in [3.63, 3.8) is 0 Å². The number of carbonyl (C=O) groups excluding carboxylic acids is 1. The zero-order valence-electron chi connectivity index (χ0n) is 18.6. The van der Waals surface area contributed by atoms with Crippen LogP contribution in [0.5, 0.6) is 0 Å². The van der Waals surface area contributed by atoms with Crippen molar-refractivity contribution in [3.8, 4) is 0 Å². The number of H-pyrrole nitrogens is 1. The zero-order chi connectivity index (χ0) is 21.9. The number of amides is 1. The lowest BCUT2D eigenvalue weighted by molar-refractivity contribution is 0.0189. The predicted octanol–water partition coefficient (Wildman–Crippen LogP) is 3.35. The Morgan fingerprint density at radius 2 is 2.16 bits per heavy atom. The van der Waals surface area contributed by atoms with Crippen LogP contribution in [-0.4, -0.2) is 39.2 Å². The van der Waals surface area contributed by atoms with Crippen molar-refractivity contribution >= 4 is 17.1 Å². The maximum atomic E-state index is 14.3. The van der Waals surface area contributed by atoms with E-state index in [4.69, 9.17) is 10.2 Å². The number of aromatic nitrogens is 2. The number of hydrogen-bond acceptors (Lipinski definition) is 3. The monoisotopic (exact) mass is 353 g/mol. The largest absolute Gasteiger partial charge is 0.444 e. The van der Waals surface area contributed by atoms with Crippen LogP contribution in [0.1, 0.15) is 50.7 Å². The van der Waals surface area contributed by atoms with E-state index >= 15 is 0 Å². The fourth-order valence-corrected chi connectivity index (χ4v) is 2.80. The van der Waals surface area contributed by atoms with Gasteiger partial charge in [0.1, 0.15) is 16.9 Å². The van der Waals surface area contributed by atoms with Gasteiger partial charge in [-0.05, 0) is 58.2 Å². The Bertz CT molecular complexity index is 1030. The summed E-state index contributed by atoms with van der Waals surface area (Å²) in [6.45, 7) is 3.60. The molecule has 0 spiro atoms. The molecule has 0 aliphatic carbocycles. The highest BCUT2D eigenvalue weighted by molar-refractivity contribution is 5.77. The molecule has 1 aromatic carbocycles. The van der Waals surface area contributed by atoms with Crippen LogP contribution in [0, 0.1) is 12.7 Å². The summed E-state index contributed by atoms with van der Waals surface area (Å²) in [6.07, 6.45) is -3.67. The number of nitrogens with one attached hydrogen (secondary N) is 1. The fraction of sp³-hybridized carbons (Fsp3) is 0.556. The van der Waals surface area contributed by atoms with Gasteiger partial charge in [0.2, 0.25) is 0 Å². The first kappa shape index (κ1) is 13.0. The first-order chi connectivity index (χ1) is 13.2. The molecule has 1 aliphatic heterocycles. The van der Waals surface area contributed by atoms with E-state index in [9.17, 15) is 14.0 Å². The van der Waals surface area contributed by atoms with Gasteiger partial charge in [0.25, 0.3) is 0 Å². The predicted molar refractivity (Wildman–Crippen MR) is 93.3 cm³/mol. The quantitative estimate of drug-likeness (QED) is 0.855. The zero-order valence-corrected chi connectivity index (χ0v) is 14.6. The molecule has 1 fully saturated rings. The summed E-state index contributed by atoms with van der Waals surface area (Å²) in [7, 11) is 0.